The molecule has 1 atom stereocenters. The summed E-state index contributed by atoms with van der Waals surface area (Å²) in [6, 6.07) is 8.81. The van der Waals surface area contributed by atoms with E-state index in [0.29, 0.717) is 0 Å². The molecule has 0 saturated heterocycles. The highest BCUT2D eigenvalue weighted by Gasteiger charge is 2.18. The highest BCUT2D eigenvalue weighted by molar-refractivity contribution is 14.1. The van der Waals surface area contributed by atoms with E-state index in [2.05, 4.69) is 76.3 Å². The Kier molecular flexibility index (Phi) is 5.97. The van der Waals surface area contributed by atoms with Crippen LogP contribution in [0.2, 0.25) is 0 Å². The average Bonchev–Trinajstić information content (AvgIpc) is 2.90. The Hall–Kier alpha value is -0.950. The van der Waals surface area contributed by atoms with Crippen LogP contribution in [0.3, 0.4) is 0 Å². The number of halogens is 1. The van der Waals surface area contributed by atoms with Gasteiger partial charge in [-0.15, -0.1) is 5.10 Å². The van der Waals surface area contributed by atoms with Gasteiger partial charge in [0.15, 0.2) is 0 Å². The summed E-state index contributed by atoms with van der Waals surface area (Å²) in [7, 11) is 0. The van der Waals surface area contributed by atoms with Crippen LogP contribution >= 0.6 is 22.6 Å². The molecular formula is C15H21IN4. The lowest BCUT2D eigenvalue weighted by molar-refractivity contribution is 0.504. The number of rotatable bonds is 7. The summed E-state index contributed by atoms with van der Waals surface area (Å²) in [6.07, 6.45) is 4.04. The van der Waals surface area contributed by atoms with Crippen molar-refractivity contribution in [1.82, 2.24) is 20.3 Å². The normalized spacial score (nSPS) is 12.6. The molecule has 2 aromatic rings. The summed E-state index contributed by atoms with van der Waals surface area (Å²) in [5, 5.41) is 11.9. The van der Waals surface area contributed by atoms with E-state index in [9.17, 15) is 0 Å². The molecule has 0 amide bonds. The van der Waals surface area contributed by atoms with Gasteiger partial charge in [0.05, 0.1) is 17.9 Å². The van der Waals surface area contributed by atoms with E-state index in [1.807, 2.05) is 10.9 Å². The lowest BCUT2D eigenvalue weighted by Crippen LogP contribution is -2.26. The van der Waals surface area contributed by atoms with E-state index in [-0.39, 0.29) is 6.04 Å². The van der Waals surface area contributed by atoms with Crippen LogP contribution in [0.15, 0.2) is 30.5 Å². The molecular weight excluding hydrogens is 363 g/mol. The fourth-order valence-electron chi connectivity index (χ4n) is 2.21. The summed E-state index contributed by atoms with van der Waals surface area (Å²) in [5.41, 5.74) is 2.40. The summed E-state index contributed by atoms with van der Waals surface area (Å²) >= 11 is 2.33. The zero-order chi connectivity index (χ0) is 14.4. The standard InChI is InChI=1S/C15H21IN4/c1-3-9-17-15(12-5-7-13(16)8-6-12)14-11-18-19-20(14)10-4-2/h5-8,11,15,17H,3-4,9-10H2,1-2H3. The number of hydrogen-bond acceptors (Lipinski definition) is 3. The lowest BCUT2D eigenvalue weighted by Gasteiger charge is -2.19. The van der Waals surface area contributed by atoms with E-state index in [0.717, 1.165) is 31.6 Å². The van der Waals surface area contributed by atoms with Crippen LogP contribution in [-0.4, -0.2) is 21.5 Å². The first-order chi connectivity index (χ1) is 9.76. The van der Waals surface area contributed by atoms with Gasteiger partial charge in [0.1, 0.15) is 0 Å². The van der Waals surface area contributed by atoms with Gasteiger partial charge in [-0.2, -0.15) is 0 Å². The zero-order valence-electron chi connectivity index (χ0n) is 12.0. The third-order valence-electron chi connectivity index (χ3n) is 3.18. The highest BCUT2D eigenvalue weighted by Crippen LogP contribution is 2.22. The van der Waals surface area contributed by atoms with Crippen molar-refractivity contribution in [2.75, 3.05) is 6.54 Å². The van der Waals surface area contributed by atoms with Gasteiger partial charge < -0.3 is 5.32 Å². The molecule has 2 rings (SSSR count). The van der Waals surface area contributed by atoms with Crippen LogP contribution in [0.1, 0.15) is 44.0 Å². The predicted molar refractivity (Wildman–Crippen MR) is 89.6 cm³/mol. The minimum Gasteiger partial charge on any atom is -0.305 e. The molecule has 0 aliphatic rings. The van der Waals surface area contributed by atoms with E-state index in [1.54, 1.807) is 0 Å². The first-order valence-electron chi connectivity index (χ1n) is 7.13. The van der Waals surface area contributed by atoms with Crippen LogP contribution in [0.4, 0.5) is 0 Å². The Balaban J connectivity index is 2.31. The summed E-state index contributed by atoms with van der Waals surface area (Å²) in [4.78, 5) is 0. The van der Waals surface area contributed by atoms with Crippen molar-refractivity contribution in [3.8, 4) is 0 Å². The summed E-state index contributed by atoms with van der Waals surface area (Å²) < 4.78 is 3.26. The van der Waals surface area contributed by atoms with Crippen LogP contribution in [0.5, 0.6) is 0 Å². The van der Waals surface area contributed by atoms with Gasteiger partial charge in [-0.3, -0.25) is 0 Å². The molecule has 0 aliphatic heterocycles. The van der Waals surface area contributed by atoms with Gasteiger partial charge in [0.2, 0.25) is 0 Å². The zero-order valence-corrected chi connectivity index (χ0v) is 14.2. The molecule has 1 heterocycles. The van der Waals surface area contributed by atoms with Gasteiger partial charge in [-0.25, -0.2) is 4.68 Å². The highest BCUT2D eigenvalue weighted by atomic mass is 127. The SMILES string of the molecule is CCCNC(c1ccc(I)cc1)c1cnnn1CCC. The first-order valence-corrected chi connectivity index (χ1v) is 8.21. The molecule has 1 aromatic carbocycles. The predicted octanol–water partition coefficient (Wildman–Crippen LogP) is 3.38. The van der Waals surface area contributed by atoms with Gasteiger partial charge in [-0.1, -0.05) is 31.2 Å². The second-order valence-electron chi connectivity index (χ2n) is 4.82. The fourth-order valence-corrected chi connectivity index (χ4v) is 2.57. The molecule has 4 nitrogen and oxygen atoms in total. The molecule has 5 heteroatoms. The minimum atomic E-state index is 0.161. The number of benzene rings is 1. The molecule has 0 aliphatic carbocycles. The molecule has 0 saturated carbocycles. The van der Waals surface area contributed by atoms with Gasteiger partial charge in [-0.05, 0) is 59.7 Å². The second kappa shape index (κ2) is 7.73. The van der Waals surface area contributed by atoms with Crippen molar-refractivity contribution in [1.29, 1.82) is 0 Å². The maximum atomic E-state index is 4.20. The third-order valence-corrected chi connectivity index (χ3v) is 3.90. The van der Waals surface area contributed by atoms with E-state index in [4.69, 9.17) is 0 Å². The Morgan fingerprint density at radius 2 is 1.95 bits per heavy atom. The molecule has 0 fully saturated rings. The Labute approximate surface area is 134 Å². The largest absolute Gasteiger partial charge is 0.305 e. The molecule has 1 unspecified atom stereocenters. The topological polar surface area (TPSA) is 42.7 Å². The van der Waals surface area contributed by atoms with Gasteiger partial charge >= 0.3 is 0 Å². The number of nitrogens with zero attached hydrogens (tertiary/aromatic N) is 3. The van der Waals surface area contributed by atoms with Crippen LogP contribution < -0.4 is 5.32 Å². The van der Waals surface area contributed by atoms with Gasteiger partial charge in [0.25, 0.3) is 0 Å². The maximum absolute atomic E-state index is 4.20. The van der Waals surface area contributed by atoms with Crippen molar-refractivity contribution in [3.63, 3.8) is 0 Å². The smallest absolute Gasteiger partial charge is 0.0801 e. The van der Waals surface area contributed by atoms with Gasteiger partial charge in [0, 0.05) is 10.1 Å². The molecule has 0 spiro atoms. The number of aromatic nitrogens is 3. The number of hydrogen-bond donors (Lipinski definition) is 1. The van der Waals surface area contributed by atoms with E-state index in [1.165, 1.54) is 9.13 Å². The van der Waals surface area contributed by atoms with Crippen molar-refractivity contribution < 1.29 is 0 Å². The van der Waals surface area contributed by atoms with Crippen LogP contribution in [0, 0.1) is 3.57 Å². The summed E-state index contributed by atoms with van der Waals surface area (Å²) in [6.45, 7) is 6.22. The molecule has 0 bridgehead atoms. The quantitative estimate of drug-likeness (QED) is 0.745. The van der Waals surface area contributed by atoms with Crippen LogP contribution in [-0.2, 0) is 6.54 Å². The molecule has 1 N–H and O–H groups in total. The fraction of sp³-hybridized carbons (Fsp3) is 0.467. The van der Waals surface area contributed by atoms with Crippen molar-refractivity contribution in [2.24, 2.45) is 0 Å². The molecule has 1 aromatic heterocycles. The molecule has 0 radical (unpaired) electrons. The summed E-state index contributed by atoms with van der Waals surface area (Å²) in [5.74, 6) is 0. The Morgan fingerprint density at radius 1 is 1.20 bits per heavy atom. The van der Waals surface area contributed by atoms with E-state index >= 15 is 0 Å². The maximum Gasteiger partial charge on any atom is 0.0801 e. The second-order valence-corrected chi connectivity index (χ2v) is 6.07. The average molecular weight is 384 g/mol. The monoisotopic (exact) mass is 384 g/mol. The van der Waals surface area contributed by atoms with Crippen molar-refractivity contribution >= 4 is 22.6 Å². The minimum absolute atomic E-state index is 0.161. The Bertz CT molecular complexity index is 521. The molecule has 108 valence electrons. The number of nitrogens with one attached hydrogen (secondary N) is 1. The van der Waals surface area contributed by atoms with Crippen molar-refractivity contribution in [3.05, 3.63) is 45.3 Å². The Morgan fingerprint density at radius 3 is 2.60 bits per heavy atom. The number of aryl methyl sites for hydroxylation is 1. The first kappa shape index (κ1) is 15.4. The lowest BCUT2D eigenvalue weighted by atomic mass is 10.0. The van der Waals surface area contributed by atoms with Crippen LogP contribution in [0.25, 0.3) is 0 Å². The third kappa shape index (κ3) is 3.79. The molecule has 20 heavy (non-hydrogen) atoms. The van der Waals surface area contributed by atoms with Crippen molar-refractivity contribution in [2.45, 2.75) is 39.3 Å². The van der Waals surface area contributed by atoms with E-state index < -0.39 is 0 Å².